The first-order valence-corrected chi connectivity index (χ1v) is 10.6. The van der Waals surface area contributed by atoms with Crippen molar-refractivity contribution in [1.82, 2.24) is 10.1 Å². The standard InChI is InChI=1S/C22H23F2N3O7/c23-16-9-14(27-11-15(34-22(27)31)3-7-32-19-4-8-33-25-19)10-17(24)20(16)13-1-5-26(6-2-13)21(30)18(29)12-28/h1,4,8-10,15,18,28-29H,2-3,5-7,11-12H2/t15-,18-/m0/s1. The maximum absolute atomic E-state index is 14.9. The second-order valence-corrected chi connectivity index (χ2v) is 7.84. The van der Waals surface area contributed by atoms with Gasteiger partial charge in [-0.1, -0.05) is 6.08 Å². The van der Waals surface area contributed by atoms with Gasteiger partial charge in [-0.3, -0.25) is 9.69 Å². The third-order valence-corrected chi connectivity index (χ3v) is 5.62. The highest BCUT2D eigenvalue weighted by molar-refractivity contribution is 5.90. The lowest BCUT2D eigenvalue weighted by atomic mass is 9.97. The van der Waals surface area contributed by atoms with Crippen LogP contribution in [0, 0.1) is 11.6 Å². The van der Waals surface area contributed by atoms with Crippen molar-refractivity contribution in [3.63, 3.8) is 0 Å². The van der Waals surface area contributed by atoms with E-state index in [9.17, 15) is 23.5 Å². The summed E-state index contributed by atoms with van der Waals surface area (Å²) in [6.45, 7) is -0.207. The number of cyclic esters (lactones) is 1. The zero-order valence-electron chi connectivity index (χ0n) is 18.0. The molecule has 1 saturated heterocycles. The first-order chi connectivity index (χ1) is 16.4. The van der Waals surface area contributed by atoms with Gasteiger partial charge in [0.05, 0.1) is 25.4 Å². The van der Waals surface area contributed by atoms with Gasteiger partial charge in [-0.15, -0.1) is 0 Å². The summed E-state index contributed by atoms with van der Waals surface area (Å²) in [5.74, 6) is -2.04. The third-order valence-electron chi connectivity index (χ3n) is 5.62. The molecule has 1 aromatic heterocycles. The third kappa shape index (κ3) is 5.02. The number of carbonyl (C=O) groups excluding carboxylic acids is 2. The molecule has 0 spiro atoms. The Hall–Kier alpha value is -3.51. The van der Waals surface area contributed by atoms with Crippen LogP contribution in [0.3, 0.4) is 0 Å². The van der Waals surface area contributed by atoms with Crippen LogP contribution in [-0.2, 0) is 9.53 Å². The van der Waals surface area contributed by atoms with Crippen LogP contribution in [0.4, 0.5) is 19.3 Å². The van der Waals surface area contributed by atoms with Crippen LogP contribution in [0.2, 0.25) is 0 Å². The van der Waals surface area contributed by atoms with Crippen molar-refractivity contribution in [2.45, 2.75) is 25.0 Å². The molecular formula is C22H23F2N3O7. The van der Waals surface area contributed by atoms with Crippen LogP contribution in [-0.4, -0.2) is 77.3 Å². The van der Waals surface area contributed by atoms with Gasteiger partial charge in [-0.25, -0.2) is 13.6 Å². The lowest BCUT2D eigenvalue weighted by molar-refractivity contribution is -0.141. The second-order valence-electron chi connectivity index (χ2n) is 7.84. The molecule has 0 bridgehead atoms. The van der Waals surface area contributed by atoms with Crippen molar-refractivity contribution >= 4 is 23.3 Å². The molecule has 0 radical (unpaired) electrons. The molecule has 0 aliphatic carbocycles. The summed E-state index contributed by atoms with van der Waals surface area (Å²) < 4.78 is 45.1. The minimum atomic E-state index is -1.53. The maximum atomic E-state index is 14.9. The number of anilines is 1. The number of nitrogens with zero attached hydrogens (tertiary/aromatic N) is 3. The van der Waals surface area contributed by atoms with E-state index in [-0.39, 0.29) is 43.9 Å². The molecule has 1 fully saturated rings. The highest BCUT2D eigenvalue weighted by atomic mass is 19.1. The van der Waals surface area contributed by atoms with E-state index in [0.29, 0.717) is 17.9 Å². The van der Waals surface area contributed by atoms with Gasteiger partial charge in [0.2, 0.25) is 0 Å². The van der Waals surface area contributed by atoms with Crippen molar-refractivity contribution < 1.29 is 42.6 Å². The highest BCUT2D eigenvalue weighted by Gasteiger charge is 2.34. The van der Waals surface area contributed by atoms with E-state index in [4.69, 9.17) is 14.6 Å². The van der Waals surface area contributed by atoms with E-state index in [2.05, 4.69) is 9.68 Å². The minimum Gasteiger partial charge on any atom is -0.475 e. The molecular weight excluding hydrogens is 456 g/mol. The molecule has 182 valence electrons. The van der Waals surface area contributed by atoms with Crippen molar-refractivity contribution in [2.24, 2.45) is 0 Å². The number of amides is 2. The zero-order valence-corrected chi connectivity index (χ0v) is 18.0. The van der Waals surface area contributed by atoms with Gasteiger partial charge in [0.15, 0.2) is 6.10 Å². The number of aliphatic hydroxyl groups excluding tert-OH is 2. The molecule has 34 heavy (non-hydrogen) atoms. The van der Waals surface area contributed by atoms with Gasteiger partial charge in [-0.2, -0.15) is 0 Å². The summed E-state index contributed by atoms with van der Waals surface area (Å²) in [5, 5.41) is 22.0. The molecule has 2 atom stereocenters. The minimum absolute atomic E-state index is 0.0305. The first-order valence-electron chi connectivity index (χ1n) is 10.6. The first kappa shape index (κ1) is 23.6. The normalized spacial score (nSPS) is 19.1. The molecule has 4 rings (SSSR count). The number of rotatable bonds is 8. The Morgan fingerprint density at radius 2 is 2.09 bits per heavy atom. The van der Waals surface area contributed by atoms with Gasteiger partial charge < -0.3 is 29.1 Å². The molecule has 2 aliphatic rings. The largest absolute Gasteiger partial charge is 0.475 e. The molecule has 2 aromatic rings. The fourth-order valence-electron chi connectivity index (χ4n) is 3.86. The average Bonchev–Trinajstić information content (AvgIpc) is 3.47. The van der Waals surface area contributed by atoms with Gasteiger partial charge in [0.25, 0.3) is 11.8 Å². The van der Waals surface area contributed by atoms with E-state index in [1.807, 2.05) is 0 Å². The van der Waals surface area contributed by atoms with Crippen LogP contribution in [0.5, 0.6) is 5.88 Å². The SMILES string of the molecule is O=C([C@@H](O)CO)N1CC=C(c2c(F)cc(N3C[C@H](CCOc4ccon4)OC3=O)cc2F)CC1. The number of hydrogen-bond acceptors (Lipinski definition) is 8. The van der Waals surface area contributed by atoms with Crippen LogP contribution in [0.15, 0.2) is 35.1 Å². The molecule has 10 nitrogen and oxygen atoms in total. The molecule has 3 heterocycles. The Kier molecular flexibility index (Phi) is 7.08. The quantitative estimate of drug-likeness (QED) is 0.586. The van der Waals surface area contributed by atoms with Crippen LogP contribution < -0.4 is 9.64 Å². The number of aliphatic hydroxyl groups is 2. The fourth-order valence-corrected chi connectivity index (χ4v) is 3.86. The number of benzene rings is 1. The average molecular weight is 479 g/mol. The van der Waals surface area contributed by atoms with Gasteiger partial charge >= 0.3 is 6.09 Å². The number of aromatic nitrogens is 1. The van der Waals surface area contributed by atoms with Gasteiger partial charge in [-0.05, 0) is 29.3 Å². The van der Waals surface area contributed by atoms with E-state index in [1.165, 1.54) is 23.3 Å². The van der Waals surface area contributed by atoms with E-state index < -0.39 is 42.4 Å². The summed E-state index contributed by atoms with van der Waals surface area (Å²) in [6.07, 6.45) is 0.611. The monoisotopic (exact) mass is 479 g/mol. The van der Waals surface area contributed by atoms with Crippen molar-refractivity contribution in [2.75, 3.05) is 37.7 Å². The summed E-state index contributed by atoms with van der Waals surface area (Å²) in [7, 11) is 0. The fraction of sp³-hybridized carbons (Fsp3) is 0.409. The zero-order chi connectivity index (χ0) is 24.2. The lowest BCUT2D eigenvalue weighted by Crippen LogP contribution is -2.42. The molecule has 12 heteroatoms. The molecule has 2 amide bonds. The smallest absolute Gasteiger partial charge is 0.414 e. The van der Waals surface area contributed by atoms with Gasteiger partial charge in [0.1, 0.15) is 24.0 Å². The van der Waals surface area contributed by atoms with Crippen molar-refractivity contribution in [3.8, 4) is 5.88 Å². The number of carbonyl (C=O) groups is 2. The van der Waals surface area contributed by atoms with Crippen LogP contribution >= 0.6 is 0 Å². The van der Waals surface area contributed by atoms with E-state index in [1.54, 1.807) is 0 Å². The molecule has 1 aromatic carbocycles. The molecule has 0 saturated carbocycles. The second kappa shape index (κ2) is 10.2. The van der Waals surface area contributed by atoms with Crippen LogP contribution in [0.1, 0.15) is 18.4 Å². The summed E-state index contributed by atoms with van der Waals surface area (Å²) >= 11 is 0. The lowest BCUT2D eigenvalue weighted by Gasteiger charge is -2.28. The molecule has 2 aliphatic heterocycles. The Labute approximate surface area is 192 Å². The van der Waals surface area contributed by atoms with Gasteiger partial charge in [0, 0.05) is 31.1 Å². The molecule has 2 N–H and O–H groups in total. The van der Waals surface area contributed by atoms with Crippen molar-refractivity contribution in [1.29, 1.82) is 0 Å². The highest BCUT2D eigenvalue weighted by Crippen LogP contribution is 2.32. The predicted octanol–water partition coefficient (Wildman–Crippen LogP) is 1.72. The summed E-state index contributed by atoms with van der Waals surface area (Å²) in [4.78, 5) is 26.7. The summed E-state index contributed by atoms with van der Waals surface area (Å²) in [6, 6.07) is 3.68. The Bertz CT molecular complexity index is 1050. The number of halogens is 2. The van der Waals surface area contributed by atoms with E-state index in [0.717, 1.165) is 17.0 Å². The van der Waals surface area contributed by atoms with Crippen molar-refractivity contribution in [3.05, 3.63) is 47.7 Å². The van der Waals surface area contributed by atoms with E-state index >= 15 is 0 Å². The number of ether oxygens (including phenoxy) is 2. The Morgan fingerprint density at radius 3 is 2.71 bits per heavy atom. The Balaban J connectivity index is 1.41. The predicted molar refractivity (Wildman–Crippen MR) is 113 cm³/mol. The van der Waals surface area contributed by atoms with Crippen LogP contribution in [0.25, 0.3) is 5.57 Å². The summed E-state index contributed by atoms with van der Waals surface area (Å²) in [5.41, 5.74) is 0.169. The topological polar surface area (TPSA) is 126 Å². The number of hydrogen-bond donors (Lipinski definition) is 2. The Morgan fingerprint density at radius 1 is 1.32 bits per heavy atom. The molecule has 0 unspecified atom stereocenters. The maximum Gasteiger partial charge on any atom is 0.414 e.